The van der Waals surface area contributed by atoms with Crippen molar-refractivity contribution in [1.29, 1.82) is 0 Å². The molecule has 0 amide bonds. The molecule has 1 unspecified atom stereocenters. The van der Waals surface area contributed by atoms with Gasteiger partial charge in [0.1, 0.15) is 0 Å². The fourth-order valence-corrected chi connectivity index (χ4v) is 3.08. The molecule has 6 nitrogen and oxygen atoms in total. The maximum Gasteiger partial charge on any atom is 0.190 e. The molecule has 0 aromatic carbocycles. The third-order valence-corrected chi connectivity index (χ3v) is 4.48. The lowest BCUT2D eigenvalue weighted by Crippen LogP contribution is -2.46. The number of hydrogen-bond donors (Lipinski definition) is 2. The average molecular weight is 448 g/mol. The zero-order valence-corrected chi connectivity index (χ0v) is 17.6. The predicted octanol–water partition coefficient (Wildman–Crippen LogP) is 2.18. The summed E-state index contributed by atoms with van der Waals surface area (Å²) < 4.78 is 1.96. The quantitative estimate of drug-likeness (QED) is 0.291. The second kappa shape index (κ2) is 11.7. The summed E-state index contributed by atoms with van der Waals surface area (Å²) in [6.07, 6.45) is 7.47. The number of rotatable bonds is 7. The number of piperidine rings is 1. The van der Waals surface area contributed by atoms with Gasteiger partial charge in [-0.15, -0.1) is 24.0 Å². The summed E-state index contributed by atoms with van der Waals surface area (Å²) in [5, 5.41) is 11.1. The van der Waals surface area contributed by atoms with E-state index in [4.69, 9.17) is 0 Å². The molecule has 0 spiro atoms. The number of halogens is 1. The molecule has 0 bridgehead atoms. The van der Waals surface area contributed by atoms with Gasteiger partial charge in [-0.1, -0.05) is 0 Å². The van der Waals surface area contributed by atoms with Crippen LogP contribution in [0.3, 0.4) is 0 Å². The van der Waals surface area contributed by atoms with Crippen molar-refractivity contribution in [2.45, 2.75) is 45.7 Å². The topological polar surface area (TPSA) is 57.5 Å². The Kier molecular flexibility index (Phi) is 10.3. The zero-order valence-electron chi connectivity index (χ0n) is 15.2. The lowest BCUT2D eigenvalue weighted by Gasteiger charge is -2.35. The molecule has 1 aromatic rings. The molecule has 1 aromatic heterocycles. The Morgan fingerprint density at radius 1 is 1.38 bits per heavy atom. The molecule has 138 valence electrons. The molecule has 1 aliphatic heterocycles. The van der Waals surface area contributed by atoms with Gasteiger partial charge in [0, 0.05) is 51.7 Å². The fraction of sp³-hybridized carbons (Fsp3) is 0.765. The van der Waals surface area contributed by atoms with Gasteiger partial charge in [0.2, 0.25) is 0 Å². The minimum Gasteiger partial charge on any atom is -0.356 e. The second-order valence-corrected chi connectivity index (χ2v) is 6.60. The maximum absolute atomic E-state index is 4.32. The van der Waals surface area contributed by atoms with Crippen LogP contribution in [0.2, 0.25) is 0 Å². The average Bonchev–Trinajstić information content (AvgIpc) is 3.08. The minimum atomic E-state index is 0. The lowest BCUT2D eigenvalue weighted by atomic mass is 9.97. The largest absolute Gasteiger partial charge is 0.356 e. The van der Waals surface area contributed by atoms with Crippen LogP contribution in [0.1, 0.15) is 33.1 Å². The third kappa shape index (κ3) is 7.38. The molecule has 1 aliphatic rings. The Morgan fingerprint density at radius 3 is 2.88 bits per heavy atom. The van der Waals surface area contributed by atoms with Crippen molar-refractivity contribution < 1.29 is 0 Å². The molecule has 2 N–H and O–H groups in total. The number of guanidine groups is 1. The van der Waals surface area contributed by atoms with E-state index < -0.39 is 0 Å². The maximum atomic E-state index is 4.32. The summed E-state index contributed by atoms with van der Waals surface area (Å²) in [7, 11) is 1.84. The summed E-state index contributed by atoms with van der Waals surface area (Å²) in [6, 6.07) is 2.61. The summed E-state index contributed by atoms with van der Waals surface area (Å²) in [5.41, 5.74) is 0. The lowest BCUT2D eigenvalue weighted by molar-refractivity contribution is 0.141. The van der Waals surface area contributed by atoms with Crippen molar-refractivity contribution in [3.05, 3.63) is 18.5 Å². The van der Waals surface area contributed by atoms with E-state index in [2.05, 4.69) is 39.5 Å². The molecule has 7 heteroatoms. The van der Waals surface area contributed by atoms with Gasteiger partial charge < -0.3 is 15.5 Å². The van der Waals surface area contributed by atoms with Gasteiger partial charge in [0.25, 0.3) is 0 Å². The van der Waals surface area contributed by atoms with Crippen molar-refractivity contribution in [3.63, 3.8) is 0 Å². The molecular formula is C17H33IN6. The van der Waals surface area contributed by atoms with Crippen LogP contribution in [0.15, 0.2) is 23.5 Å². The summed E-state index contributed by atoms with van der Waals surface area (Å²) in [6.45, 7) is 9.86. The first kappa shape index (κ1) is 21.2. The normalized spacial score (nSPS) is 19.2. The molecule has 2 heterocycles. The van der Waals surface area contributed by atoms with Crippen LogP contribution in [0.5, 0.6) is 0 Å². The van der Waals surface area contributed by atoms with Crippen LogP contribution < -0.4 is 10.6 Å². The standard InChI is InChI=1S/C17H32N6.HI/c1-15(2)22-10-4-7-16(14-22)13-20-17(18-3)19-8-5-11-23-12-6-9-21-23;/h6,9,12,15-16H,4-5,7-8,10-11,13-14H2,1-3H3,(H2,18,19,20);1H. The van der Waals surface area contributed by atoms with Crippen molar-refractivity contribution in [2.75, 3.05) is 33.2 Å². The van der Waals surface area contributed by atoms with Gasteiger partial charge in [0.05, 0.1) is 0 Å². The van der Waals surface area contributed by atoms with E-state index in [-0.39, 0.29) is 24.0 Å². The highest BCUT2D eigenvalue weighted by atomic mass is 127. The van der Waals surface area contributed by atoms with Crippen LogP contribution in [0.25, 0.3) is 0 Å². The number of nitrogens with zero attached hydrogens (tertiary/aromatic N) is 4. The molecule has 2 rings (SSSR count). The smallest absolute Gasteiger partial charge is 0.190 e. The Labute approximate surface area is 163 Å². The van der Waals surface area contributed by atoms with Gasteiger partial charge in [0.15, 0.2) is 5.96 Å². The van der Waals surface area contributed by atoms with Crippen molar-refractivity contribution in [2.24, 2.45) is 10.9 Å². The highest BCUT2D eigenvalue weighted by Gasteiger charge is 2.21. The number of aryl methyl sites for hydroxylation is 1. The highest BCUT2D eigenvalue weighted by molar-refractivity contribution is 14.0. The van der Waals surface area contributed by atoms with Gasteiger partial charge >= 0.3 is 0 Å². The first-order valence-electron chi connectivity index (χ1n) is 8.85. The van der Waals surface area contributed by atoms with E-state index >= 15 is 0 Å². The van der Waals surface area contributed by atoms with Crippen LogP contribution >= 0.6 is 24.0 Å². The Bertz CT molecular complexity index is 460. The van der Waals surface area contributed by atoms with E-state index in [1.54, 1.807) is 0 Å². The summed E-state index contributed by atoms with van der Waals surface area (Å²) in [4.78, 5) is 6.90. The van der Waals surface area contributed by atoms with Crippen molar-refractivity contribution in [1.82, 2.24) is 25.3 Å². The van der Waals surface area contributed by atoms with Crippen LogP contribution in [-0.4, -0.2) is 59.9 Å². The van der Waals surface area contributed by atoms with Gasteiger partial charge in [-0.25, -0.2) is 0 Å². The summed E-state index contributed by atoms with van der Waals surface area (Å²) in [5.74, 6) is 1.63. The monoisotopic (exact) mass is 448 g/mol. The van der Waals surface area contributed by atoms with Crippen LogP contribution in [-0.2, 0) is 6.54 Å². The minimum absolute atomic E-state index is 0. The van der Waals surface area contributed by atoms with Crippen molar-refractivity contribution >= 4 is 29.9 Å². The number of aliphatic imine (C=N–C) groups is 1. The van der Waals surface area contributed by atoms with Gasteiger partial charge in [-0.05, 0) is 51.6 Å². The Morgan fingerprint density at radius 2 is 2.21 bits per heavy atom. The summed E-state index contributed by atoms with van der Waals surface area (Å²) >= 11 is 0. The Hall–Kier alpha value is -0.830. The molecular weight excluding hydrogens is 415 g/mol. The number of likely N-dealkylation sites (tertiary alicyclic amines) is 1. The molecule has 0 aliphatic carbocycles. The fourth-order valence-electron chi connectivity index (χ4n) is 3.08. The molecule has 1 saturated heterocycles. The molecule has 24 heavy (non-hydrogen) atoms. The number of aromatic nitrogens is 2. The van der Waals surface area contributed by atoms with Gasteiger partial charge in [-0.3, -0.25) is 9.67 Å². The first-order chi connectivity index (χ1) is 11.2. The van der Waals surface area contributed by atoms with Crippen LogP contribution in [0.4, 0.5) is 0 Å². The van der Waals surface area contributed by atoms with E-state index in [9.17, 15) is 0 Å². The third-order valence-electron chi connectivity index (χ3n) is 4.48. The van der Waals surface area contributed by atoms with E-state index in [0.29, 0.717) is 12.0 Å². The van der Waals surface area contributed by atoms with Gasteiger partial charge in [-0.2, -0.15) is 5.10 Å². The highest BCUT2D eigenvalue weighted by Crippen LogP contribution is 2.17. The Balaban J connectivity index is 0.00000288. The van der Waals surface area contributed by atoms with E-state index in [1.165, 1.54) is 25.9 Å². The molecule has 0 saturated carbocycles. The van der Waals surface area contributed by atoms with Crippen molar-refractivity contribution in [3.8, 4) is 0 Å². The second-order valence-electron chi connectivity index (χ2n) is 6.60. The molecule has 0 radical (unpaired) electrons. The first-order valence-corrected chi connectivity index (χ1v) is 8.85. The molecule has 1 atom stereocenters. The van der Waals surface area contributed by atoms with E-state index in [1.807, 2.05) is 30.2 Å². The predicted molar refractivity (Wildman–Crippen MR) is 111 cm³/mol. The van der Waals surface area contributed by atoms with Crippen LogP contribution in [0, 0.1) is 5.92 Å². The van der Waals surface area contributed by atoms with E-state index in [0.717, 1.165) is 32.0 Å². The molecule has 1 fully saturated rings. The number of hydrogen-bond acceptors (Lipinski definition) is 3. The zero-order chi connectivity index (χ0) is 16.5. The number of nitrogens with one attached hydrogen (secondary N) is 2. The SMILES string of the molecule is CN=C(NCCCn1cccn1)NCC1CCCN(C(C)C)C1.I.